The van der Waals surface area contributed by atoms with Crippen LogP contribution in [0.15, 0.2) is 47.4 Å². The molecule has 0 spiro atoms. The molecule has 8 nitrogen and oxygen atoms in total. The molecule has 1 aliphatic rings. The molecule has 0 aliphatic carbocycles. The first-order chi connectivity index (χ1) is 13.2. The van der Waals surface area contributed by atoms with Gasteiger partial charge in [0, 0.05) is 0 Å². The van der Waals surface area contributed by atoms with E-state index in [9.17, 15) is 22.8 Å². The number of hydrogen-bond donors (Lipinski definition) is 1. The van der Waals surface area contributed by atoms with Crippen LogP contribution in [-0.4, -0.2) is 44.4 Å². The molecule has 0 saturated heterocycles. The second-order valence-corrected chi connectivity index (χ2v) is 8.07. The summed E-state index contributed by atoms with van der Waals surface area (Å²) in [6.07, 6.45) is 0. The second-order valence-electron chi connectivity index (χ2n) is 6.30. The van der Waals surface area contributed by atoms with Gasteiger partial charge in [0.2, 0.25) is 10.0 Å². The van der Waals surface area contributed by atoms with Gasteiger partial charge < -0.3 is 4.74 Å². The number of carbonyl (C=O) groups excluding carboxylic acids is 3. The third-order valence-corrected chi connectivity index (χ3v) is 5.83. The molecule has 0 radical (unpaired) electrons. The number of ether oxygens (including phenoxy) is 1. The zero-order valence-corrected chi connectivity index (χ0v) is 16.1. The number of rotatable bonds is 6. The van der Waals surface area contributed by atoms with E-state index in [4.69, 9.17) is 4.74 Å². The van der Waals surface area contributed by atoms with Crippen molar-refractivity contribution < 1.29 is 27.5 Å². The van der Waals surface area contributed by atoms with Crippen LogP contribution >= 0.6 is 0 Å². The number of esters is 1. The molecule has 1 aliphatic heterocycles. The highest BCUT2D eigenvalue weighted by Crippen LogP contribution is 2.22. The molecule has 0 atom stereocenters. The maximum Gasteiger partial charge on any atom is 0.322 e. The van der Waals surface area contributed by atoms with Gasteiger partial charge in [0.25, 0.3) is 11.8 Å². The van der Waals surface area contributed by atoms with Crippen LogP contribution < -0.4 is 4.72 Å². The lowest BCUT2D eigenvalue weighted by atomic mass is 10.1. The van der Waals surface area contributed by atoms with Crippen molar-refractivity contribution in [1.29, 1.82) is 0 Å². The Balaban J connectivity index is 1.57. The van der Waals surface area contributed by atoms with E-state index >= 15 is 0 Å². The third kappa shape index (κ3) is 3.80. The van der Waals surface area contributed by atoms with Gasteiger partial charge in [-0.1, -0.05) is 18.2 Å². The van der Waals surface area contributed by atoms with Crippen LogP contribution in [0.25, 0.3) is 0 Å². The molecule has 3 rings (SSSR count). The monoisotopic (exact) mass is 402 g/mol. The Kier molecular flexibility index (Phi) is 5.30. The first-order valence-corrected chi connectivity index (χ1v) is 9.87. The van der Waals surface area contributed by atoms with Crippen LogP contribution in [0.4, 0.5) is 0 Å². The summed E-state index contributed by atoms with van der Waals surface area (Å²) >= 11 is 0. The topological polar surface area (TPSA) is 110 Å². The number of benzene rings is 2. The maximum atomic E-state index is 12.3. The van der Waals surface area contributed by atoms with Gasteiger partial charge in [-0.15, -0.1) is 0 Å². The Bertz CT molecular complexity index is 1040. The fraction of sp³-hybridized carbons (Fsp3) is 0.211. The molecule has 0 bridgehead atoms. The lowest BCUT2D eigenvalue weighted by molar-refractivity contribution is -0.144. The Morgan fingerprint density at radius 2 is 1.61 bits per heavy atom. The van der Waals surface area contributed by atoms with Crippen molar-refractivity contribution in [2.45, 2.75) is 18.7 Å². The molecule has 0 saturated carbocycles. The Morgan fingerprint density at radius 3 is 2.18 bits per heavy atom. The van der Waals surface area contributed by atoms with Crippen molar-refractivity contribution >= 4 is 27.8 Å². The largest absolute Gasteiger partial charge is 0.443 e. The first-order valence-electron chi connectivity index (χ1n) is 8.38. The van der Waals surface area contributed by atoms with Gasteiger partial charge in [-0.05, 0) is 49.2 Å². The Labute approximate surface area is 162 Å². The van der Waals surface area contributed by atoms with Crippen molar-refractivity contribution in [1.82, 2.24) is 9.62 Å². The number of hydrogen-bond acceptors (Lipinski definition) is 6. The molecule has 0 fully saturated rings. The molecule has 28 heavy (non-hydrogen) atoms. The molecule has 2 aromatic carbocycles. The van der Waals surface area contributed by atoms with Gasteiger partial charge >= 0.3 is 5.97 Å². The van der Waals surface area contributed by atoms with Crippen molar-refractivity contribution in [3.05, 3.63) is 64.7 Å². The molecule has 1 N–H and O–H groups in total. The van der Waals surface area contributed by atoms with Crippen LogP contribution in [0.5, 0.6) is 0 Å². The minimum Gasteiger partial charge on any atom is -0.443 e. The van der Waals surface area contributed by atoms with Gasteiger partial charge in [0.15, 0.2) is 6.73 Å². The lowest BCUT2D eigenvalue weighted by Gasteiger charge is -2.14. The minimum atomic E-state index is -3.90. The van der Waals surface area contributed by atoms with Gasteiger partial charge in [-0.2, -0.15) is 4.72 Å². The van der Waals surface area contributed by atoms with E-state index in [2.05, 4.69) is 4.72 Å². The highest BCUT2D eigenvalue weighted by Gasteiger charge is 2.35. The van der Waals surface area contributed by atoms with E-state index < -0.39 is 41.1 Å². The van der Waals surface area contributed by atoms with E-state index in [1.54, 1.807) is 25.1 Å². The van der Waals surface area contributed by atoms with Crippen LogP contribution in [0, 0.1) is 13.8 Å². The number of carbonyl (C=O) groups is 3. The fourth-order valence-corrected chi connectivity index (χ4v) is 3.72. The molecule has 2 amide bonds. The summed E-state index contributed by atoms with van der Waals surface area (Å²) in [4.78, 5) is 37.1. The van der Waals surface area contributed by atoms with Crippen LogP contribution in [-0.2, 0) is 19.6 Å². The van der Waals surface area contributed by atoms with Gasteiger partial charge in [-0.3, -0.25) is 14.4 Å². The fourth-order valence-electron chi connectivity index (χ4n) is 2.66. The summed E-state index contributed by atoms with van der Waals surface area (Å²) in [5, 5.41) is 0. The average molecular weight is 402 g/mol. The number of aryl methyl sites for hydroxylation is 2. The van der Waals surface area contributed by atoms with Crippen LogP contribution in [0.2, 0.25) is 0 Å². The van der Waals surface area contributed by atoms with E-state index in [1.165, 1.54) is 24.3 Å². The molecular formula is C19H18N2O6S. The van der Waals surface area contributed by atoms with Crippen molar-refractivity contribution in [2.75, 3.05) is 13.3 Å². The molecule has 9 heteroatoms. The summed E-state index contributed by atoms with van der Waals surface area (Å²) < 4.78 is 31.6. The normalized spacial score (nSPS) is 13.6. The summed E-state index contributed by atoms with van der Waals surface area (Å²) in [6.45, 7) is 2.43. The summed E-state index contributed by atoms with van der Waals surface area (Å²) in [7, 11) is -3.90. The number of nitrogens with one attached hydrogen (secondary N) is 1. The third-order valence-electron chi connectivity index (χ3n) is 4.43. The molecule has 0 unspecified atom stereocenters. The minimum absolute atomic E-state index is 0.0312. The number of amides is 2. The van der Waals surface area contributed by atoms with Gasteiger partial charge in [0.1, 0.15) is 6.54 Å². The van der Waals surface area contributed by atoms with E-state index in [1.807, 2.05) is 6.92 Å². The van der Waals surface area contributed by atoms with E-state index in [-0.39, 0.29) is 16.0 Å². The molecule has 2 aromatic rings. The van der Waals surface area contributed by atoms with Gasteiger partial charge in [0.05, 0.1) is 16.0 Å². The number of fused-ring (bicyclic) bond motifs is 1. The summed E-state index contributed by atoms with van der Waals surface area (Å²) in [6, 6.07) is 10.9. The number of nitrogens with zero attached hydrogens (tertiary/aromatic N) is 1. The van der Waals surface area contributed by atoms with E-state index in [0.29, 0.717) is 0 Å². The van der Waals surface area contributed by atoms with Crippen molar-refractivity contribution in [3.8, 4) is 0 Å². The van der Waals surface area contributed by atoms with Crippen molar-refractivity contribution in [3.63, 3.8) is 0 Å². The first kappa shape index (κ1) is 19.7. The Morgan fingerprint density at radius 1 is 1.00 bits per heavy atom. The zero-order chi connectivity index (χ0) is 20.5. The number of sulfonamides is 1. The van der Waals surface area contributed by atoms with Crippen molar-refractivity contribution in [2.24, 2.45) is 0 Å². The Hall–Kier alpha value is -3.04. The predicted molar refractivity (Wildman–Crippen MR) is 99.0 cm³/mol. The predicted octanol–water partition coefficient (Wildman–Crippen LogP) is 1.38. The summed E-state index contributed by atoms with van der Waals surface area (Å²) in [5.41, 5.74) is 2.22. The van der Waals surface area contributed by atoms with Crippen LogP contribution in [0.3, 0.4) is 0 Å². The van der Waals surface area contributed by atoms with Crippen LogP contribution in [0.1, 0.15) is 31.8 Å². The standard InChI is InChI=1S/C19H18N2O6S/c1-12-7-8-14(9-13(12)2)28(25,26)20-10-17(22)27-11-21-18(23)15-5-3-4-6-16(15)19(21)24/h3-9,20H,10-11H2,1-2H3. The van der Waals surface area contributed by atoms with Gasteiger partial charge in [-0.25, -0.2) is 13.3 Å². The second kappa shape index (κ2) is 7.53. The van der Waals surface area contributed by atoms with E-state index in [0.717, 1.165) is 16.0 Å². The highest BCUT2D eigenvalue weighted by atomic mass is 32.2. The molecule has 0 aromatic heterocycles. The lowest BCUT2D eigenvalue weighted by Crippen LogP contribution is -2.36. The SMILES string of the molecule is Cc1ccc(S(=O)(=O)NCC(=O)OCN2C(=O)c3ccccc3C2=O)cc1C. The molecule has 1 heterocycles. The highest BCUT2D eigenvalue weighted by molar-refractivity contribution is 7.89. The average Bonchev–Trinajstić information content (AvgIpc) is 2.91. The zero-order valence-electron chi connectivity index (χ0n) is 15.3. The molecular weight excluding hydrogens is 384 g/mol. The number of imide groups is 1. The molecule has 146 valence electrons. The smallest absolute Gasteiger partial charge is 0.322 e. The quantitative estimate of drug-likeness (QED) is 0.577. The maximum absolute atomic E-state index is 12.3. The summed E-state index contributed by atoms with van der Waals surface area (Å²) in [5.74, 6) is -2.04.